The first-order valence-corrected chi connectivity index (χ1v) is 8.08. The SMILES string of the molecule is Clc1ccc(Sc2ccc(Cl)cc2-c2ccccc2)cc1. The van der Waals surface area contributed by atoms with Crippen molar-refractivity contribution in [3.63, 3.8) is 0 Å². The summed E-state index contributed by atoms with van der Waals surface area (Å²) in [4.78, 5) is 2.33. The molecule has 0 heterocycles. The van der Waals surface area contributed by atoms with Crippen molar-refractivity contribution in [1.29, 1.82) is 0 Å². The molecule has 0 atom stereocenters. The molecule has 0 unspecified atom stereocenters. The van der Waals surface area contributed by atoms with Crippen LogP contribution in [0.1, 0.15) is 0 Å². The highest BCUT2D eigenvalue weighted by molar-refractivity contribution is 7.99. The summed E-state index contributed by atoms with van der Waals surface area (Å²) in [6.45, 7) is 0. The van der Waals surface area contributed by atoms with Crippen LogP contribution in [0.25, 0.3) is 11.1 Å². The Morgan fingerprint density at radius 1 is 0.667 bits per heavy atom. The summed E-state index contributed by atoms with van der Waals surface area (Å²) in [6, 6.07) is 24.1. The van der Waals surface area contributed by atoms with Gasteiger partial charge in [0.25, 0.3) is 0 Å². The maximum atomic E-state index is 6.16. The number of hydrogen-bond acceptors (Lipinski definition) is 1. The van der Waals surface area contributed by atoms with Crippen molar-refractivity contribution < 1.29 is 0 Å². The molecule has 104 valence electrons. The molecule has 0 fully saturated rings. The number of benzene rings is 3. The van der Waals surface area contributed by atoms with E-state index in [2.05, 4.69) is 18.2 Å². The Kier molecular flexibility index (Phi) is 4.54. The Hall–Kier alpha value is -1.41. The lowest BCUT2D eigenvalue weighted by atomic mass is 10.1. The molecule has 3 heteroatoms. The second-order valence-corrected chi connectivity index (χ2v) is 6.55. The third kappa shape index (κ3) is 3.62. The van der Waals surface area contributed by atoms with Gasteiger partial charge in [-0.25, -0.2) is 0 Å². The third-order valence-corrected chi connectivity index (χ3v) is 4.64. The van der Waals surface area contributed by atoms with Crippen LogP contribution < -0.4 is 0 Å². The van der Waals surface area contributed by atoms with E-state index in [-0.39, 0.29) is 0 Å². The van der Waals surface area contributed by atoms with Crippen LogP contribution in [0.2, 0.25) is 10.0 Å². The second kappa shape index (κ2) is 6.57. The van der Waals surface area contributed by atoms with E-state index in [4.69, 9.17) is 23.2 Å². The predicted molar refractivity (Wildman–Crippen MR) is 92.5 cm³/mol. The quantitative estimate of drug-likeness (QED) is 0.508. The van der Waals surface area contributed by atoms with Crippen LogP contribution in [0.15, 0.2) is 82.6 Å². The molecule has 0 radical (unpaired) electrons. The van der Waals surface area contributed by atoms with Crippen molar-refractivity contribution >= 4 is 35.0 Å². The molecule has 0 bridgehead atoms. The van der Waals surface area contributed by atoms with Crippen LogP contribution in [-0.4, -0.2) is 0 Å². The van der Waals surface area contributed by atoms with E-state index in [1.54, 1.807) is 11.8 Å². The Balaban J connectivity index is 2.00. The maximum absolute atomic E-state index is 6.16. The van der Waals surface area contributed by atoms with Crippen molar-refractivity contribution in [2.45, 2.75) is 9.79 Å². The van der Waals surface area contributed by atoms with Gasteiger partial charge in [0.2, 0.25) is 0 Å². The normalized spacial score (nSPS) is 10.6. The summed E-state index contributed by atoms with van der Waals surface area (Å²) in [7, 11) is 0. The van der Waals surface area contributed by atoms with Crippen molar-refractivity contribution in [2.75, 3.05) is 0 Å². The monoisotopic (exact) mass is 330 g/mol. The molecular formula is C18H12Cl2S. The van der Waals surface area contributed by atoms with E-state index in [9.17, 15) is 0 Å². The molecule has 3 aromatic carbocycles. The molecule has 3 rings (SSSR count). The average molecular weight is 331 g/mol. The molecule has 0 aliphatic rings. The lowest BCUT2D eigenvalue weighted by Gasteiger charge is -2.10. The summed E-state index contributed by atoms with van der Waals surface area (Å²) in [5.74, 6) is 0. The molecular weight excluding hydrogens is 319 g/mol. The molecule has 21 heavy (non-hydrogen) atoms. The smallest absolute Gasteiger partial charge is 0.0412 e. The van der Waals surface area contributed by atoms with Crippen LogP contribution in [0, 0.1) is 0 Å². The van der Waals surface area contributed by atoms with Gasteiger partial charge in [0.05, 0.1) is 0 Å². The molecule has 0 spiro atoms. The zero-order chi connectivity index (χ0) is 14.7. The van der Waals surface area contributed by atoms with Gasteiger partial charge in [0, 0.05) is 19.8 Å². The minimum Gasteiger partial charge on any atom is -0.0894 e. The number of rotatable bonds is 3. The van der Waals surface area contributed by atoms with Crippen molar-refractivity contribution in [3.8, 4) is 11.1 Å². The standard InChI is InChI=1S/C18H12Cl2S/c19-14-6-9-16(10-7-14)21-18-11-8-15(20)12-17(18)13-4-2-1-3-5-13/h1-12H. The molecule has 0 aliphatic carbocycles. The largest absolute Gasteiger partial charge is 0.0894 e. The van der Waals surface area contributed by atoms with Crippen LogP contribution in [0.4, 0.5) is 0 Å². The minimum atomic E-state index is 0.745. The summed E-state index contributed by atoms with van der Waals surface area (Å²) >= 11 is 13.8. The molecule has 0 amide bonds. The van der Waals surface area contributed by atoms with E-state index in [1.807, 2.05) is 54.6 Å². The average Bonchev–Trinajstić information content (AvgIpc) is 2.52. The van der Waals surface area contributed by atoms with Gasteiger partial charge in [-0.15, -0.1) is 0 Å². The van der Waals surface area contributed by atoms with Gasteiger partial charge < -0.3 is 0 Å². The Labute approximate surface area is 138 Å². The Morgan fingerprint density at radius 2 is 1.33 bits per heavy atom. The molecule has 0 N–H and O–H groups in total. The Morgan fingerprint density at radius 3 is 2.05 bits per heavy atom. The summed E-state index contributed by atoms with van der Waals surface area (Å²) in [5.41, 5.74) is 2.31. The van der Waals surface area contributed by atoms with E-state index in [1.165, 1.54) is 4.90 Å². The van der Waals surface area contributed by atoms with E-state index < -0.39 is 0 Å². The summed E-state index contributed by atoms with van der Waals surface area (Å²) in [6.07, 6.45) is 0. The molecule has 3 aromatic rings. The van der Waals surface area contributed by atoms with E-state index in [0.29, 0.717) is 0 Å². The van der Waals surface area contributed by atoms with Gasteiger partial charge in [-0.3, -0.25) is 0 Å². The molecule has 0 saturated heterocycles. The third-order valence-electron chi connectivity index (χ3n) is 3.07. The highest BCUT2D eigenvalue weighted by Gasteiger charge is 2.07. The second-order valence-electron chi connectivity index (χ2n) is 4.56. The maximum Gasteiger partial charge on any atom is 0.0412 e. The van der Waals surface area contributed by atoms with Crippen LogP contribution in [-0.2, 0) is 0 Å². The zero-order valence-corrected chi connectivity index (χ0v) is 13.4. The molecule has 0 nitrogen and oxygen atoms in total. The first-order valence-electron chi connectivity index (χ1n) is 6.51. The van der Waals surface area contributed by atoms with Crippen molar-refractivity contribution in [2.24, 2.45) is 0 Å². The van der Waals surface area contributed by atoms with Gasteiger partial charge in [-0.2, -0.15) is 0 Å². The molecule has 0 aromatic heterocycles. The van der Waals surface area contributed by atoms with Gasteiger partial charge in [0.15, 0.2) is 0 Å². The first-order chi connectivity index (χ1) is 10.2. The number of halogens is 2. The first kappa shape index (κ1) is 14.5. The van der Waals surface area contributed by atoms with Gasteiger partial charge in [0.1, 0.15) is 0 Å². The fraction of sp³-hybridized carbons (Fsp3) is 0. The number of hydrogen-bond donors (Lipinski definition) is 0. The lowest BCUT2D eigenvalue weighted by Crippen LogP contribution is -1.83. The highest BCUT2D eigenvalue weighted by Crippen LogP contribution is 2.37. The van der Waals surface area contributed by atoms with Crippen LogP contribution in [0.5, 0.6) is 0 Å². The van der Waals surface area contributed by atoms with Crippen LogP contribution in [0.3, 0.4) is 0 Å². The highest BCUT2D eigenvalue weighted by atomic mass is 35.5. The lowest BCUT2D eigenvalue weighted by molar-refractivity contribution is 1.40. The fourth-order valence-electron chi connectivity index (χ4n) is 2.06. The van der Waals surface area contributed by atoms with E-state index in [0.717, 1.165) is 26.1 Å². The molecule has 0 saturated carbocycles. The van der Waals surface area contributed by atoms with Gasteiger partial charge in [-0.05, 0) is 53.6 Å². The Bertz CT molecular complexity index is 737. The summed E-state index contributed by atoms with van der Waals surface area (Å²) < 4.78 is 0. The predicted octanol–water partition coefficient (Wildman–Crippen LogP) is 6.81. The zero-order valence-electron chi connectivity index (χ0n) is 11.1. The minimum absolute atomic E-state index is 0.745. The van der Waals surface area contributed by atoms with Gasteiger partial charge >= 0.3 is 0 Å². The summed E-state index contributed by atoms with van der Waals surface area (Å²) in [5, 5.41) is 1.49. The van der Waals surface area contributed by atoms with Crippen LogP contribution >= 0.6 is 35.0 Å². The van der Waals surface area contributed by atoms with E-state index >= 15 is 0 Å². The topological polar surface area (TPSA) is 0 Å². The van der Waals surface area contributed by atoms with Crippen molar-refractivity contribution in [1.82, 2.24) is 0 Å². The van der Waals surface area contributed by atoms with Gasteiger partial charge in [-0.1, -0.05) is 65.3 Å². The fourth-order valence-corrected chi connectivity index (χ4v) is 3.31. The molecule has 0 aliphatic heterocycles. The van der Waals surface area contributed by atoms with Crippen molar-refractivity contribution in [3.05, 3.63) is 82.8 Å².